The summed E-state index contributed by atoms with van der Waals surface area (Å²) in [4.78, 5) is 0. The molecule has 2 unspecified atom stereocenters. The van der Waals surface area contributed by atoms with E-state index in [1.807, 2.05) is 0 Å². The molecule has 0 aliphatic carbocycles. The van der Waals surface area contributed by atoms with Gasteiger partial charge in [-0.3, -0.25) is 9.05 Å². The minimum absolute atomic E-state index is 0.520. The Hall–Kier alpha value is -0.350. The third-order valence-electron chi connectivity index (χ3n) is 1.38. The molecule has 0 aromatic heterocycles. The van der Waals surface area contributed by atoms with Crippen molar-refractivity contribution in [2.75, 3.05) is 7.05 Å². The fraction of sp³-hybridized carbons (Fsp3) is 0.429. The van der Waals surface area contributed by atoms with E-state index in [9.17, 15) is 0 Å². The molecule has 0 aromatic carbocycles. The van der Waals surface area contributed by atoms with E-state index < -0.39 is 18.9 Å². The first kappa shape index (κ1) is 9.74. The zero-order valence-electron chi connectivity index (χ0n) is 6.48. The van der Waals surface area contributed by atoms with Crippen LogP contribution in [0.1, 0.15) is 0 Å². The van der Waals surface area contributed by atoms with Gasteiger partial charge in [0, 0.05) is 0 Å². The molecule has 1 aliphatic rings. The third-order valence-corrected chi connectivity index (χ3v) is 4.00. The van der Waals surface area contributed by atoms with Crippen molar-refractivity contribution in [3.63, 3.8) is 0 Å². The van der Waals surface area contributed by atoms with Crippen molar-refractivity contribution in [1.29, 1.82) is 0 Å². The van der Waals surface area contributed by atoms with Gasteiger partial charge in [0.25, 0.3) is 6.64 Å². The van der Waals surface area contributed by atoms with Crippen LogP contribution in [-0.2, 0) is 20.9 Å². The molecular weight excluding hydrogens is 193 g/mol. The summed E-state index contributed by atoms with van der Waals surface area (Å²) in [6, 6.07) is 0. The van der Waals surface area contributed by atoms with E-state index in [4.69, 9.17) is 33.7 Å². The molecular formula is C7H8NO2PS. The van der Waals surface area contributed by atoms with Crippen LogP contribution in [0.25, 0.3) is 0 Å². The Morgan fingerprint density at radius 1 is 1.33 bits per heavy atom. The van der Waals surface area contributed by atoms with Gasteiger partial charge in [-0.05, 0) is 18.9 Å². The number of nitrogens with one attached hydrogen (secondary N) is 1. The van der Waals surface area contributed by atoms with Crippen LogP contribution in [0.3, 0.4) is 0 Å². The van der Waals surface area contributed by atoms with Crippen LogP contribution in [0, 0.1) is 24.7 Å². The second-order valence-corrected chi connectivity index (χ2v) is 5.41. The molecule has 3 nitrogen and oxygen atoms in total. The second-order valence-electron chi connectivity index (χ2n) is 2.11. The van der Waals surface area contributed by atoms with Crippen LogP contribution in [-0.4, -0.2) is 19.3 Å². The first-order valence-corrected chi connectivity index (χ1v) is 5.87. The van der Waals surface area contributed by atoms with Gasteiger partial charge in [0.2, 0.25) is 0 Å². The average molecular weight is 201 g/mol. The molecule has 2 atom stereocenters. The molecule has 0 amide bonds. The Kier molecular flexibility index (Phi) is 2.90. The molecule has 64 valence electrons. The molecule has 1 N–H and O–H groups in total. The maximum absolute atomic E-state index is 5.26. The molecule has 1 heterocycles. The lowest BCUT2D eigenvalue weighted by atomic mass is 10.2. The van der Waals surface area contributed by atoms with Gasteiger partial charge >= 0.3 is 0 Å². The summed E-state index contributed by atoms with van der Waals surface area (Å²) >= 11 is 5.02. The molecule has 12 heavy (non-hydrogen) atoms. The zero-order valence-corrected chi connectivity index (χ0v) is 8.19. The maximum atomic E-state index is 5.26. The van der Waals surface area contributed by atoms with Crippen LogP contribution < -0.4 is 5.09 Å². The molecule has 1 rings (SSSR count). The Balaban J connectivity index is 2.82. The van der Waals surface area contributed by atoms with Crippen molar-refractivity contribution < 1.29 is 9.05 Å². The molecule has 1 saturated heterocycles. The van der Waals surface area contributed by atoms with Crippen molar-refractivity contribution in [2.24, 2.45) is 0 Å². The summed E-state index contributed by atoms with van der Waals surface area (Å²) in [7, 11) is 1.66. The predicted octanol–water partition coefficient (Wildman–Crippen LogP) is 0.481. The van der Waals surface area contributed by atoms with E-state index in [1.165, 1.54) is 0 Å². The third kappa shape index (κ3) is 1.69. The van der Waals surface area contributed by atoms with Crippen molar-refractivity contribution in [1.82, 2.24) is 5.09 Å². The Morgan fingerprint density at radius 3 is 2.00 bits per heavy atom. The van der Waals surface area contributed by atoms with Gasteiger partial charge in [-0.15, -0.1) is 12.8 Å². The summed E-state index contributed by atoms with van der Waals surface area (Å²) in [5.41, 5.74) is 0. The van der Waals surface area contributed by atoms with Crippen LogP contribution in [0.15, 0.2) is 0 Å². The average Bonchev–Trinajstić information content (AvgIpc) is 2.43. The van der Waals surface area contributed by atoms with Gasteiger partial charge in [-0.2, -0.15) is 0 Å². The largest absolute Gasteiger partial charge is 0.298 e. The van der Waals surface area contributed by atoms with Crippen molar-refractivity contribution >= 4 is 18.4 Å². The highest BCUT2D eigenvalue weighted by Gasteiger charge is 2.38. The van der Waals surface area contributed by atoms with E-state index in [0.29, 0.717) is 0 Å². The highest BCUT2D eigenvalue weighted by atomic mass is 32.5. The van der Waals surface area contributed by atoms with E-state index in [0.717, 1.165) is 0 Å². The normalized spacial score (nSPS) is 40.2. The molecule has 0 aromatic rings. The van der Waals surface area contributed by atoms with Gasteiger partial charge in [0.05, 0.1) is 0 Å². The Morgan fingerprint density at radius 2 is 1.75 bits per heavy atom. The van der Waals surface area contributed by atoms with Crippen LogP contribution in [0.5, 0.6) is 0 Å². The summed E-state index contributed by atoms with van der Waals surface area (Å²) in [6.45, 7) is -2.40. The van der Waals surface area contributed by atoms with Gasteiger partial charge < -0.3 is 0 Å². The predicted molar refractivity (Wildman–Crippen MR) is 50.8 cm³/mol. The lowest BCUT2D eigenvalue weighted by molar-refractivity contribution is 0.251. The molecule has 1 aliphatic heterocycles. The standard InChI is InChI=1S/C7H8NO2PS/c1-4-6-7(5-2)10-11(12,8-3)9-6/h1-2,6-7H,3H3,(H,8,12). The highest BCUT2D eigenvalue weighted by Crippen LogP contribution is 2.52. The highest BCUT2D eigenvalue weighted by molar-refractivity contribution is 8.09. The Labute approximate surface area is 77.0 Å². The van der Waals surface area contributed by atoms with E-state index in [-0.39, 0.29) is 0 Å². The fourth-order valence-corrected chi connectivity index (χ4v) is 2.53. The summed E-state index contributed by atoms with van der Waals surface area (Å²) in [6.07, 6.45) is 9.30. The first-order chi connectivity index (χ1) is 5.65. The van der Waals surface area contributed by atoms with Gasteiger partial charge in [-0.25, -0.2) is 5.09 Å². The van der Waals surface area contributed by atoms with E-state index in [1.54, 1.807) is 7.05 Å². The maximum Gasteiger partial charge on any atom is 0.263 e. The van der Waals surface area contributed by atoms with Crippen LogP contribution in [0.2, 0.25) is 0 Å². The molecule has 0 spiro atoms. The van der Waals surface area contributed by atoms with Gasteiger partial charge in [-0.1, -0.05) is 11.8 Å². The van der Waals surface area contributed by atoms with Crippen molar-refractivity contribution in [3.8, 4) is 24.7 Å². The smallest absolute Gasteiger partial charge is 0.263 e. The lowest BCUT2D eigenvalue weighted by Gasteiger charge is -2.10. The second kappa shape index (κ2) is 3.58. The number of terminal acetylenes is 2. The fourth-order valence-electron chi connectivity index (χ4n) is 0.775. The molecule has 5 heteroatoms. The van der Waals surface area contributed by atoms with Crippen LogP contribution in [0.4, 0.5) is 0 Å². The molecule has 0 saturated carbocycles. The number of hydrogen-bond acceptors (Lipinski definition) is 3. The SMILES string of the molecule is C#CC1OP(=S)(NC)OC1C#C. The first-order valence-electron chi connectivity index (χ1n) is 3.23. The summed E-state index contributed by atoms with van der Waals surface area (Å²) in [5, 5.41) is 2.76. The summed E-state index contributed by atoms with van der Waals surface area (Å²) in [5.74, 6) is 4.77. The molecule has 1 fully saturated rings. The molecule has 0 bridgehead atoms. The Bertz CT molecular complexity index is 278. The zero-order chi connectivity index (χ0) is 9.19. The number of hydrogen-bond donors (Lipinski definition) is 1. The van der Waals surface area contributed by atoms with Gasteiger partial charge in [0.15, 0.2) is 12.2 Å². The van der Waals surface area contributed by atoms with Gasteiger partial charge in [0.1, 0.15) is 0 Å². The topological polar surface area (TPSA) is 30.5 Å². The van der Waals surface area contributed by atoms with Crippen molar-refractivity contribution in [2.45, 2.75) is 12.2 Å². The lowest BCUT2D eigenvalue weighted by Crippen LogP contribution is -2.17. The van der Waals surface area contributed by atoms with E-state index in [2.05, 4.69) is 16.9 Å². The van der Waals surface area contributed by atoms with E-state index >= 15 is 0 Å². The minimum Gasteiger partial charge on any atom is -0.298 e. The quantitative estimate of drug-likeness (QED) is 0.494. The minimum atomic E-state index is -2.40. The monoisotopic (exact) mass is 201 g/mol. The number of rotatable bonds is 1. The molecule has 0 radical (unpaired) electrons. The van der Waals surface area contributed by atoms with Crippen molar-refractivity contribution in [3.05, 3.63) is 0 Å². The summed E-state index contributed by atoms with van der Waals surface area (Å²) < 4.78 is 10.5. The van der Waals surface area contributed by atoms with Crippen LogP contribution >= 0.6 is 6.64 Å².